The van der Waals surface area contributed by atoms with Gasteiger partial charge < -0.3 is 5.32 Å². The molecule has 0 aromatic heterocycles. The van der Waals surface area contributed by atoms with Crippen LogP contribution in [0.5, 0.6) is 0 Å². The molecule has 0 aromatic rings. The average Bonchev–Trinajstić information content (AvgIpc) is 2.47. The van der Waals surface area contributed by atoms with Gasteiger partial charge in [-0.3, -0.25) is 4.90 Å². The van der Waals surface area contributed by atoms with E-state index in [1.807, 2.05) is 0 Å². The molecule has 3 fully saturated rings. The van der Waals surface area contributed by atoms with Gasteiger partial charge in [0, 0.05) is 42.7 Å². The molecule has 110 valence electrons. The van der Waals surface area contributed by atoms with Crippen molar-refractivity contribution >= 4 is 11.8 Å². The lowest BCUT2D eigenvalue weighted by molar-refractivity contribution is 0.145. The highest BCUT2D eigenvalue weighted by atomic mass is 32.2. The summed E-state index contributed by atoms with van der Waals surface area (Å²) in [6.07, 6.45) is 10.1. The van der Waals surface area contributed by atoms with Gasteiger partial charge in [-0.05, 0) is 38.0 Å². The molecule has 1 aliphatic carbocycles. The van der Waals surface area contributed by atoms with E-state index in [9.17, 15) is 0 Å². The second-order valence-electron chi connectivity index (χ2n) is 6.75. The molecule has 2 saturated heterocycles. The molecule has 0 bridgehead atoms. The van der Waals surface area contributed by atoms with Gasteiger partial charge in [0.2, 0.25) is 0 Å². The lowest BCUT2D eigenvalue weighted by atomic mass is 9.77. The van der Waals surface area contributed by atoms with E-state index in [0.717, 1.165) is 23.3 Å². The van der Waals surface area contributed by atoms with E-state index in [1.165, 1.54) is 70.3 Å². The van der Waals surface area contributed by atoms with Crippen molar-refractivity contribution in [2.75, 3.05) is 25.4 Å². The fraction of sp³-hybridized carbons (Fsp3) is 1.00. The minimum atomic E-state index is 0.778. The minimum absolute atomic E-state index is 0.778. The van der Waals surface area contributed by atoms with Crippen molar-refractivity contribution in [3.63, 3.8) is 0 Å². The monoisotopic (exact) mass is 282 g/mol. The summed E-state index contributed by atoms with van der Waals surface area (Å²) < 4.78 is 0. The highest BCUT2D eigenvalue weighted by Gasteiger charge is 2.32. The molecule has 2 nitrogen and oxygen atoms in total. The lowest BCUT2D eigenvalue weighted by Gasteiger charge is -2.43. The Morgan fingerprint density at radius 2 is 2.05 bits per heavy atom. The number of thioether (sulfide) groups is 1. The first-order valence-corrected chi connectivity index (χ1v) is 9.50. The van der Waals surface area contributed by atoms with Crippen LogP contribution in [0.25, 0.3) is 0 Å². The summed E-state index contributed by atoms with van der Waals surface area (Å²) in [5.74, 6) is 2.35. The van der Waals surface area contributed by atoms with Gasteiger partial charge in [0.1, 0.15) is 0 Å². The smallest absolute Gasteiger partial charge is 0.0197 e. The van der Waals surface area contributed by atoms with E-state index in [2.05, 4.69) is 28.9 Å². The molecule has 4 atom stereocenters. The summed E-state index contributed by atoms with van der Waals surface area (Å²) in [5, 5.41) is 4.88. The van der Waals surface area contributed by atoms with Crippen LogP contribution >= 0.6 is 11.8 Å². The second-order valence-corrected chi connectivity index (χ2v) is 8.16. The summed E-state index contributed by atoms with van der Waals surface area (Å²) in [4.78, 5) is 2.73. The third kappa shape index (κ3) is 3.68. The first-order valence-electron chi connectivity index (χ1n) is 8.45. The van der Waals surface area contributed by atoms with E-state index in [-0.39, 0.29) is 0 Å². The van der Waals surface area contributed by atoms with Crippen molar-refractivity contribution in [1.82, 2.24) is 10.2 Å². The van der Waals surface area contributed by atoms with Crippen LogP contribution < -0.4 is 5.32 Å². The number of fused-ring (bicyclic) bond motifs is 1. The molecule has 3 heteroatoms. The van der Waals surface area contributed by atoms with Gasteiger partial charge in [-0.25, -0.2) is 0 Å². The zero-order valence-corrected chi connectivity index (χ0v) is 13.3. The van der Waals surface area contributed by atoms with Crippen LogP contribution in [0.2, 0.25) is 0 Å². The summed E-state index contributed by atoms with van der Waals surface area (Å²) >= 11 is 2.19. The van der Waals surface area contributed by atoms with Gasteiger partial charge in [0.15, 0.2) is 0 Å². The highest BCUT2D eigenvalue weighted by Crippen LogP contribution is 2.32. The number of rotatable bonds is 3. The van der Waals surface area contributed by atoms with Crippen molar-refractivity contribution in [3.05, 3.63) is 0 Å². The number of hydrogen-bond donors (Lipinski definition) is 1. The van der Waals surface area contributed by atoms with Gasteiger partial charge in [0.05, 0.1) is 0 Å². The average molecular weight is 282 g/mol. The molecule has 1 N–H and O–H groups in total. The number of nitrogens with zero attached hydrogens (tertiary/aromatic N) is 1. The highest BCUT2D eigenvalue weighted by molar-refractivity contribution is 8.00. The zero-order valence-electron chi connectivity index (χ0n) is 12.4. The zero-order chi connectivity index (χ0) is 13.1. The van der Waals surface area contributed by atoms with Gasteiger partial charge >= 0.3 is 0 Å². The van der Waals surface area contributed by atoms with Crippen LogP contribution in [0.1, 0.15) is 51.9 Å². The summed E-state index contributed by atoms with van der Waals surface area (Å²) in [5.41, 5.74) is 0. The molecular formula is C16H30N2S. The van der Waals surface area contributed by atoms with Crippen molar-refractivity contribution in [1.29, 1.82) is 0 Å². The third-order valence-electron chi connectivity index (χ3n) is 5.40. The van der Waals surface area contributed by atoms with E-state index < -0.39 is 0 Å². The summed E-state index contributed by atoms with van der Waals surface area (Å²) in [6.45, 7) is 6.29. The molecule has 0 spiro atoms. The molecule has 3 aliphatic rings. The van der Waals surface area contributed by atoms with Crippen LogP contribution in [-0.4, -0.2) is 47.6 Å². The summed E-state index contributed by atoms with van der Waals surface area (Å²) in [6, 6.07) is 1.63. The van der Waals surface area contributed by atoms with Crippen LogP contribution in [-0.2, 0) is 0 Å². The van der Waals surface area contributed by atoms with Crippen molar-refractivity contribution in [2.45, 2.75) is 69.2 Å². The maximum Gasteiger partial charge on any atom is 0.0197 e. The van der Waals surface area contributed by atoms with Crippen molar-refractivity contribution < 1.29 is 0 Å². The molecule has 2 aliphatic heterocycles. The first-order chi connectivity index (χ1) is 9.35. The lowest BCUT2D eigenvalue weighted by Crippen LogP contribution is -2.54. The van der Waals surface area contributed by atoms with Gasteiger partial charge in [-0.1, -0.05) is 19.8 Å². The Morgan fingerprint density at radius 3 is 2.95 bits per heavy atom. The van der Waals surface area contributed by atoms with E-state index in [1.54, 1.807) is 0 Å². The van der Waals surface area contributed by atoms with Gasteiger partial charge in [0.25, 0.3) is 0 Å². The Labute approximate surface area is 123 Å². The van der Waals surface area contributed by atoms with E-state index in [4.69, 9.17) is 0 Å². The minimum Gasteiger partial charge on any atom is -0.310 e. The fourth-order valence-corrected chi connectivity index (χ4v) is 5.47. The quantitative estimate of drug-likeness (QED) is 0.856. The van der Waals surface area contributed by atoms with Crippen LogP contribution in [0, 0.1) is 5.92 Å². The molecule has 0 radical (unpaired) electrons. The summed E-state index contributed by atoms with van der Waals surface area (Å²) in [7, 11) is 0. The molecule has 1 saturated carbocycles. The number of piperidine rings is 1. The van der Waals surface area contributed by atoms with Gasteiger partial charge in [-0.15, -0.1) is 0 Å². The Morgan fingerprint density at radius 1 is 1.16 bits per heavy atom. The maximum absolute atomic E-state index is 3.99. The van der Waals surface area contributed by atoms with Crippen LogP contribution in [0.4, 0.5) is 0 Å². The Balaban J connectivity index is 1.47. The first kappa shape index (κ1) is 14.2. The molecule has 4 unspecified atom stereocenters. The van der Waals surface area contributed by atoms with Crippen molar-refractivity contribution in [2.24, 2.45) is 5.92 Å². The largest absolute Gasteiger partial charge is 0.310 e. The molecule has 19 heavy (non-hydrogen) atoms. The Hall–Kier alpha value is 0.270. The van der Waals surface area contributed by atoms with E-state index >= 15 is 0 Å². The van der Waals surface area contributed by atoms with Crippen molar-refractivity contribution in [3.8, 4) is 0 Å². The number of nitrogens with one attached hydrogen (secondary N) is 1. The standard InChI is InChI=1S/C16H30N2S/c1-2-15-12-18(9-10-19-15)11-14-8-7-13-5-3-4-6-16(13)17-14/h13-17H,2-12H2,1H3. The normalized spacial score (nSPS) is 40.9. The molecular weight excluding hydrogens is 252 g/mol. The predicted octanol–water partition coefficient (Wildman–Crippen LogP) is 3.12. The Bertz CT molecular complexity index is 284. The van der Waals surface area contributed by atoms with Crippen LogP contribution in [0.15, 0.2) is 0 Å². The molecule has 2 heterocycles. The van der Waals surface area contributed by atoms with Gasteiger partial charge in [-0.2, -0.15) is 11.8 Å². The SMILES string of the molecule is CCC1CN(CC2CCC3CCCCC3N2)CCS1. The molecule has 3 rings (SSSR count). The van der Waals surface area contributed by atoms with Crippen LogP contribution in [0.3, 0.4) is 0 Å². The number of hydrogen-bond acceptors (Lipinski definition) is 3. The maximum atomic E-state index is 3.99. The fourth-order valence-electron chi connectivity index (χ4n) is 4.22. The molecule has 0 aromatic carbocycles. The Kier molecular flexibility index (Phi) is 5.10. The van der Waals surface area contributed by atoms with E-state index in [0.29, 0.717) is 0 Å². The molecule has 0 amide bonds. The topological polar surface area (TPSA) is 15.3 Å². The third-order valence-corrected chi connectivity index (χ3v) is 6.77. The predicted molar refractivity (Wildman–Crippen MR) is 84.9 cm³/mol. The second kappa shape index (κ2) is 6.82.